The molecule has 1 aliphatic rings. The molecule has 20 heavy (non-hydrogen) atoms. The molecule has 1 fully saturated rings. The van der Waals surface area contributed by atoms with E-state index in [4.69, 9.17) is 5.73 Å². The second-order valence-corrected chi connectivity index (χ2v) is 7.50. The van der Waals surface area contributed by atoms with Crippen LogP contribution in [0.2, 0.25) is 0 Å². The predicted molar refractivity (Wildman–Crippen MR) is 82.7 cm³/mol. The SMILES string of the molecule is Nc1cccc(CS(=O)(=O)NCCCC2CCCC2)c1. The average molecular weight is 296 g/mol. The van der Waals surface area contributed by atoms with Gasteiger partial charge in [-0.15, -0.1) is 0 Å². The molecule has 0 heterocycles. The van der Waals surface area contributed by atoms with Crippen molar-refractivity contribution in [2.75, 3.05) is 12.3 Å². The Kier molecular flexibility index (Phi) is 5.43. The molecule has 0 spiro atoms. The highest BCUT2D eigenvalue weighted by atomic mass is 32.2. The summed E-state index contributed by atoms with van der Waals surface area (Å²) in [5, 5.41) is 0. The van der Waals surface area contributed by atoms with Crippen LogP contribution in [0.4, 0.5) is 5.69 Å². The Morgan fingerprint density at radius 2 is 2.00 bits per heavy atom. The normalized spacial score (nSPS) is 16.6. The summed E-state index contributed by atoms with van der Waals surface area (Å²) in [4.78, 5) is 0. The van der Waals surface area contributed by atoms with Crippen molar-refractivity contribution < 1.29 is 8.42 Å². The van der Waals surface area contributed by atoms with Crippen LogP contribution < -0.4 is 10.5 Å². The van der Waals surface area contributed by atoms with E-state index in [0.717, 1.165) is 24.3 Å². The molecule has 0 unspecified atom stereocenters. The van der Waals surface area contributed by atoms with Crippen LogP contribution in [0.25, 0.3) is 0 Å². The van der Waals surface area contributed by atoms with Crippen LogP contribution in [-0.4, -0.2) is 15.0 Å². The first-order valence-electron chi connectivity index (χ1n) is 7.37. The molecule has 112 valence electrons. The van der Waals surface area contributed by atoms with Gasteiger partial charge in [-0.3, -0.25) is 0 Å². The maximum Gasteiger partial charge on any atom is 0.215 e. The van der Waals surface area contributed by atoms with Gasteiger partial charge >= 0.3 is 0 Å². The van der Waals surface area contributed by atoms with E-state index in [-0.39, 0.29) is 5.75 Å². The van der Waals surface area contributed by atoms with E-state index in [1.807, 2.05) is 0 Å². The topological polar surface area (TPSA) is 72.2 Å². The molecule has 2 rings (SSSR count). The van der Waals surface area contributed by atoms with Gasteiger partial charge in [0, 0.05) is 12.2 Å². The zero-order valence-corrected chi connectivity index (χ0v) is 12.7. The first-order chi connectivity index (χ1) is 9.55. The van der Waals surface area contributed by atoms with Crippen LogP contribution >= 0.6 is 0 Å². The number of anilines is 1. The minimum atomic E-state index is -3.25. The lowest BCUT2D eigenvalue weighted by Crippen LogP contribution is -2.26. The van der Waals surface area contributed by atoms with Gasteiger partial charge in [0.15, 0.2) is 0 Å². The lowest BCUT2D eigenvalue weighted by molar-refractivity contribution is 0.480. The van der Waals surface area contributed by atoms with Gasteiger partial charge in [0.25, 0.3) is 0 Å². The Labute approximate surface area is 121 Å². The number of hydrogen-bond acceptors (Lipinski definition) is 3. The number of nitrogens with one attached hydrogen (secondary N) is 1. The van der Waals surface area contributed by atoms with Gasteiger partial charge in [0.1, 0.15) is 0 Å². The third kappa shape index (κ3) is 5.13. The summed E-state index contributed by atoms with van der Waals surface area (Å²) >= 11 is 0. The third-order valence-electron chi connectivity index (χ3n) is 3.89. The van der Waals surface area contributed by atoms with Crippen LogP contribution in [0.3, 0.4) is 0 Å². The van der Waals surface area contributed by atoms with Crippen LogP contribution in [0.15, 0.2) is 24.3 Å². The monoisotopic (exact) mass is 296 g/mol. The zero-order chi connectivity index (χ0) is 14.4. The van der Waals surface area contributed by atoms with Gasteiger partial charge in [-0.05, 0) is 36.5 Å². The second-order valence-electron chi connectivity index (χ2n) is 5.69. The molecule has 5 heteroatoms. The minimum Gasteiger partial charge on any atom is -0.399 e. The fraction of sp³-hybridized carbons (Fsp3) is 0.600. The van der Waals surface area contributed by atoms with Crippen LogP contribution in [0.1, 0.15) is 44.1 Å². The summed E-state index contributed by atoms with van der Waals surface area (Å²) in [7, 11) is -3.25. The number of sulfonamides is 1. The minimum absolute atomic E-state index is 0.00146. The van der Waals surface area contributed by atoms with E-state index in [9.17, 15) is 8.42 Å². The van der Waals surface area contributed by atoms with E-state index in [1.54, 1.807) is 24.3 Å². The maximum absolute atomic E-state index is 12.0. The molecule has 0 saturated heterocycles. The summed E-state index contributed by atoms with van der Waals surface area (Å²) in [5.41, 5.74) is 6.98. The van der Waals surface area contributed by atoms with Crippen LogP contribution in [-0.2, 0) is 15.8 Å². The quantitative estimate of drug-likeness (QED) is 0.600. The maximum atomic E-state index is 12.0. The highest BCUT2D eigenvalue weighted by molar-refractivity contribution is 7.88. The summed E-state index contributed by atoms with van der Waals surface area (Å²) < 4.78 is 26.6. The van der Waals surface area contributed by atoms with Crippen molar-refractivity contribution in [3.8, 4) is 0 Å². The first kappa shape index (κ1) is 15.3. The Bertz CT molecular complexity index is 522. The Balaban J connectivity index is 1.73. The molecule has 4 nitrogen and oxygen atoms in total. The molecular weight excluding hydrogens is 272 g/mol. The van der Waals surface area contributed by atoms with Gasteiger partial charge < -0.3 is 5.73 Å². The van der Waals surface area contributed by atoms with Gasteiger partial charge in [-0.25, -0.2) is 13.1 Å². The Hall–Kier alpha value is -1.07. The first-order valence-corrected chi connectivity index (χ1v) is 9.02. The molecule has 0 aliphatic heterocycles. The smallest absolute Gasteiger partial charge is 0.215 e. The predicted octanol–water partition coefficient (Wildman–Crippen LogP) is 2.66. The van der Waals surface area contributed by atoms with Crippen LogP contribution in [0, 0.1) is 5.92 Å². The molecule has 0 amide bonds. The number of rotatable bonds is 7. The van der Waals surface area contributed by atoms with Crippen LogP contribution in [0.5, 0.6) is 0 Å². The van der Waals surface area contributed by atoms with Gasteiger partial charge in [0.05, 0.1) is 5.75 Å². The van der Waals surface area contributed by atoms with Gasteiger partial charge in [0.2, 0.25) is 10.0 Å². The largest absolute Gasteiger partial charge is 0.399 e. The lowest BCUT2D eigenvalue weighted by atomic mass is 10.0. The van der Waals surface area contributed by atoms with Crippen molar-refractivity contribution in [1.82, 2.24) is 4.72 Å². The van der Waals surface area contributed by atoms with E-state index in [1.165, 1.54) is 25.7 Å². The van der Waals surface area contributed by atoms with Crippen molar-refractivity contribution >= 4 is 15.7 Å². The molecule has 3 N–H and O–H groups in total. The van der Waals surface area contributed by atoms with Gasteiger partial charge in [-0.2, -0.15) is 0 Å². The summed E-state index contributed by atoms with van der Waals surface area (Å²) in [6.07, 6.45) is 7.38. The number of hydrogen-bond donors (Lipinski definition) is 2. The zero-order valence-electron chi connectivity index (χ0n) is 11.8. The standard InChI is InChI=1S/C15H24N2O2S/c16-15-9-3-7-14(11-15)12-20(18,19)17-10-4-8-13-5-1-2-6-13/h3,7,9,11,13,17H,1-2,4-6,8,10,12,16H2. The highest BCUT2D eigenvalue weighted by Gasteiger charge is 2.15. The van der Waals surface area contributed by atoms with E-state index >= 15 is 0 Å². The fourth-order valence-electron chi connectivity index (χ4n) is 2.87. The molecule has 0 bridgehead atoms. The molecule has 0 radical (unpaired) electrons. The van der Waals surface area contributed by atoms with E-state index < -0.39 is 10.0 Å². The number of nitrogens with two attached hydrogens (primary N) is 1. The molecule has 1 aromatic carbocycles. The molecule has 1 aliphatic carbocycles. The summed E-state index contributed by atoms with van der Waals surface area (Å²) in [6, 6.07) is 7.03. The summed E-state index contributed by atoms with van der Waals surface area (Å²) in [6.45, 7) is 0.543. The Morgan fingerprint density at radius 1 is 1.25 bits per heavy atom. The third-order valence-corrected chi connectivity index (χ3v) is 5.25. The van der Waals surface area contributed by atoms with Gasteiger partial charge in [-0.1, -0.05) is 37.8 Å². The average Bonchev–Trinajstić information content (AvgIpc) is 2.87. The molecule has 1 aromatic rings. The van der Waals surface area contributed by atoms with Crippen molar-refractivity contribution in [2.45, 2.75) is 44.3 Å². The van der Waals surface area contributed by atoms with E-state index in [0.29, 0.717) is 12.2 Å². The van der Waals surface area contributed by atoms with Crippen molar-refractivity contribution in [3.63, 3.8) is 0 Å². The van der Waals surface area contributed by atoms with E-state index in [2.05, 4.69) is 4.72 Å². The molecule has 0 aromatic heterocycles. The lowest BCUT2D eigenvalue weighted by Gasteiger charge is -2.10. The Morgan fingerprint density at radius 3 is 2.70 bits per heavy atom. The fourth-order valence-corrected chi connectivity index (χ4v) is 4.05. The second kappa shape index (κ2) is 7.09. The summed E-state index contributed by atoms with van der Waals surface area (Å²) in [5.74, 6) is 0.815. The molecule has 1 saturated carbocycles. The van der Waals surface area contributed by atoms with Crippen molar-refractivity contribution in [3.05, 3.63) is 29.8 Å². The van der Waals surface area contributed by atoms with Crippen molar-refractivity contribution in [1.29, 1.82) is 0 Å². The van der Waals surface area contributed by atoms with Crippen molar-refractivity contribution in [2.24, 2.45) is 5.92 Å². The number of nitrogen functional groups attached to an aromatic ring is 1. The highest BCUT2D eigenvalue weighted by Crippen LogP contribution is 2.28. The molecular formula is C15H24N2O2S. The number of benzene rings is 1. The molecule has 0 atom stereocenters.